The summed E-state index contributed by atoms with van der Waals surface area (Å²) in [6, 6.07) is 10.5. The standard InChI is InChI=1S/C27H25F3N6O5/c28-27(29,30)26-31-19-12-35(9-10-36(19)34-26)11-14-1-3-15(4-2-14)13-41-22-16(17-7-8-20(37)32-23(17)38)5-6-18-21(22)25(40)33-24(18)39/h1-6,17,19H,7-13H2,(H,31,34)(H,32,37,38)(H,33,39,40). The first-order valence-corrected chi connectivity index (χ1v) is 13.0. The van der Waals surface area contributed by atoms with E-state index in [4.69, 9.17) is 4.74 Å². The molecule has 14 heteroatoms. The highest BCUT2D eigenvalue weighted by molar-refractivity contribution is 6.23. The first kappa shape index (κ1) is 26.7. The number of piperidine rings is 1. The molecule has 4 aliphatic rings. The van der Waals surface area contributed by atoms with Gasteiger partial charge in [0, 0.05) is 31.6 Å². The van der Waals surface area contributed by atoms with Crippen molar-refractivity contribution in [3.63, 3.8) is 0 Å². The number of nitrogens with zero attached hydrogens (tertiary/aromatic N) is 3. The van der Waals surface area contributed by atoms with E-state index in [0.717, 1.165) is 11.1 Å². The molecule has 2 aromatic carbocycles. The van der Waals surface area contributed by atoms with E-state index in [-0.39, 0.29) is 42.2 Å². The second-order valence-electron chi connectivity index (χ2n) is 10.3. The van der Waals surface area contributed by atoms with E-state index in [2.05, 4.69) is 21.1 Å². The minimum atomic E-state index is -4.51. The van der Waals surface area contributed by atoms with Crippen LogP contribution >= 0.6 is 0 Å². The van der Waals surface area contributed by atoms with Gasteiger partial charge in [0.15, 0.2) is 0 Å². The number of rotatable bonds is 6. The van der Waals surface area contributed by atoms with Gasteiger partial charge in [0.25, 0.3) is 11.8 Å². The number of amides is 4. The smallest absolute Gasteiger partial charge is 0.451 e. The zero-order chi connectivity index (χ0) is 28.9. The summed E-state index contributed by atoms with van der Waals surface area (Å²) < 4.78 is 45.1. The second-order valence-corrected chi connectivity index (χ2v) is 10.3. The third-order valence-electron chi connectivity index (χ3n) is 7.55. The van der Waals surface area contributed by atoms with Crippen LogP contribution in [-0.4, -0.2) is 71.3 Å². The summed E-state index contributed by atoms with van der Waals surface area (Å²) in [5, 5.41) is 12.1. The SMILES string of the molecule is O=C1CCC(c2ccc3c(c2OCc2ccc(CN4CCN5N=C(C(F)(F)F)NC5C4)cc2)C(=O)NC3=O)C(=O)N1. The summed E-state index contributed by atoms with van der Waals surface area (Å²) in [4.78, 5) is 51.1. The molecule has 41 heavy (non-hydrogen) atoms. The van der Waals surface area contributed by atoms with Gasteiger partial charge in [-0.05, 0) is 23.6 Å². The molecule has 0 aromatic heterocycles. The van der Waals surface area contributed by atoms with Gasteiger partial charge >= 0.3 is 6.18 Å². The minimum Gasteiger partial charge on any atom is -0.488 e. The van der Waals surface area contributed by atoms with E-state index in [1.165, 1.54) is 11.1 Å². The predicted molar refractivity (Wildman–Crippen MR) is 137 cm³/mol. The summed E-state index contributed by atoms with van der Waals surface area (Å²) >= 11 is 0. The lowest BCUT2D eigenvalue weighted by Gasteiger charge is -2.36. The van der Waals surface area contributed by atoms with Crippen LogP contribution < -0.4 is 20.7 Å². The normalized spacial score (nSPS) is 22.5. The average molecular weight is 571 g/mol. The molecule has 3 N–H and O–H groups in total. The Labute approximate surface area is 231 Å². The van der Waals surface area contributed by atoms with Crippen molar-refractivity contribution in [3.8, 4) is 5.75 Å². The molecular formula is C27H25F3N6O5. The molecule has 2 saturated heterocycles. The van der Waals surface area contributed by atoms with Crippen LogP contribution in [0.2, 0.25) is 0 Å². The number of piperazine rings is 1. The number of halogens is 3. The maximum absolute atomic E-state index is 13.0. The van der Waals surface area contributed by atoms with E-state index >= 15 is 0 Å². The van der Waals surface area contributed by atoms with Crippen molar-refractivity contribution in [3.05, 3.63) is 64.2 Å². The van der Waals surface area contributed by atoms with Gasteiger partial charge in [-0.2, -0.15) is 18.3 Å². The van der Waals surface area contributed by atoms with E-state index < -0.39 is 41.8 Å². The van der Waals surface area contributed by atoms with Gasteiger partial charge in [0.2, 0.25) is 17.6 Å². The monoisotopic (exact) mass is 570 g/mol. The molecule has 214 valence electrons. The number of ether oxygens (including phenoxy) is 1. The largest absolute Gasteiger partial charge is 0.488 e. The lowest BCUT2D eigenvalue weighted by Crippen LogP contribution is -2.54. The van der Waals surface area contributed by atoms with Crippen LogP contribution in [0.4, 0.5) is 13.2 Å². The van der Waals surface area contributed by atoms with Gasteiger partial charge in [0.1, 0.15) is 18.5 Å². The van der Waals surface area contributed by atoms with Crippen molar-refractivity contribution in [1.29, 1.82) is 0 Å². The first-order chi connectivity index (χ1) is 19.6. The zero-order valence-electron chi connectivity index (χ0n) is 21.6. The molecule has 4 aliphatic heterocycles. The van der Waals surface area contributed by atoms with Crippen LogP contribution in [0.3, 0.4) is 0 Å². The Kier molecular flexibility index (Phi) is 6.64. The van der Waals surface area contributed by atoms with Gasteiger partial charge in [-0.3, -0.25) is 39.7 Å². The lowest BCUT2D eigenvalue weighted by molar-refractivity contribution is -0.134. The average Bonchev–Trinajstić information content (AvgIpc) is 3.49. The van der Waals surface area contributed by atoms with Crippen molar-refractivity contribution in [2.24, 2.45) is 5.10 Å². The highest BCUT2D eigenvalue weighted by atomic mass is 19.4. The number of alkyl halides is 3. The second kappa shape index (κ2) is 10.2. The highest BCUT2D eigenvalue weighted by Gasteiger charge is 2.44. The Bertz CT molecular complexity index is 1480. The number of amidine groups is 1. The fourth-order valence-corrected chi connectivity index (χ4v) is 5.49. The Morgan fingerprint density at radius 2 is 1.71 bits per heavy atom. The molecule has 2 aromatic rings. The lowest BCUT2D eigenvalue weighted by atomic mass is 9.87. The third kappa shape index (κ3) is 5.22. The maximum atomic E-state index is 13.0. The number of benzene rings is 2. The Morgan fingerprint density at radius 3 is 2.44 bits per heavy atom. The van der Waals surface area contributed by atoms with Crippen LogP contribution in [0.1, 0.15) is 56.2 Å². The van der Waals surface area contributed by atoms with Gasteiger partial charge in [-0.25, -0.2) is 0 Å². The van der Waals surface area contributed by atoms with Crippen LogP contribution in [0.15, 0.2) is 41.5 Å². The number of carbonyl (C=O) groups is 4. The molecule has 2 unspecified atom stereocenters. The molecule has 0 saturated carbocycles. The van der Waals surface area contributed by atoms with Crippen molar-refractivity contribution in [2.45, 2.75) is 44.3 Å². The van der Waals surface area contributed by atoms with Crippen molar-refractivity contribution in [2.75, 3.05) is 19.6 Å². The Hall–Kier alpha value is -4.46. The molecule has 0 radical (unpaired) electrons. The van der Waals surface area contributed by atoms with Gasteiger partial charge in [0.05, 0.1) is 23.6 Å². The Morgan fingerprint density at radius 1 is 0.951 bits per heavy atom. The number of hydrogen-bond donors (Lipinski definition) is 3. The summed E-state index contributed by atoms with van der Waals surface area (Å²) in [6.07, 6.45) is -4.66. The van der Waals surface area contributed by atoms with Gasteiger partial charge in [-0.15, -0.1) is 0 Å². The summed E-state index contributed by atoms with van der Waals surface area (Å²) in [6.45, 7) is 1.87. The fraction of sp³-hybridized carbons (Fsp3) is 0.370. The van der Waals surface area contributed by atoms with Gasteiger partial charge < -0.3 is 10.1 Å². The topological polar surface area (TPSA) is 132 Å². The first-order valence-electron chi connectivity index (χ1n) is 13.0. The molecule has 0 bridgehead atoms. The third-order valence-corrected chi connectivity index (χ3v) is 7.55. The molecule has 0 spiro atoms. The van der Waals surface area contributed by atoms with E-state index in [1.807, 2.05) is 29.2 Å². The molecule has 4 amide bonds. The molecule has 0 aliphatic carbocycles. The molecule has 2 fully saturated rings. The number of imide groups is 2. The molecule has 2 atom stereocenters. The van der Waals surface area contributed by atoms with Crippen LogP contribution in [0.5, 0.6) is 5.75 Å². The highest BCUT2D eigenvalue weighted by Crippen LogP contribution is 2.38. The fourth-order valence-electron chi connectivity index (χ4n) is 5.49. The predicted octanol–water partition coefficient (Wildman–Crippen LogP) is 1.59. The Balaban J connectivity index is 1.13. The van der Waals surface area contributed by atoms with Crippen molar-refractivity contribution < 1.29 is 37.1 Å². The molecule has 4 heterocycles. The number of nitrogens with one attached hydrogen (secondary N) is 3. The maximum Gasteiger partial charge on any atom is 0.451 e. The van der Waals surface area contributed by atoms with E-state index in [1.54, 1.807) is 6.07 Å². The minimum absolute atomic E-state index is 0.0424. The molecular weight excluding hydrogens is 545 g/mol. The molecule has 6 rings (SSSR count). The number of carbonyl (C=O) groups excluding carboxylic acids is 4. The van der Waals surface area contributed by atoms with Crippen molar-refractivity contribution in [1.82, 2.24) is 25.9 Å². The number of hydrogen-bond acceptors (Lipinski definition) is 9. The van der Waals surface area contributed by atoms with E-state index in [9.17, 15) is 32.3 Å². The number of fused-ring (bicyclic) bond motifs is 2. The quantitative estimate of drug-likeness (QED) is 0.447. The van der Waals surface area contributed by atoms with Gasteiger partial charge in [-0.1, -0.05) is 30.3 Å². The number of hydrazone groups is 1. The molecule has 11 nitrogen and oxygen atoms in total. The van der Waals surface area contributed by atoms with Crippen molar-refractivity contribution >= 4 is 29.5 Å². The summed E-state index contributed by atoms with van der Waals surface area (Å²) in [5.74, 6) is -3.59. The van der Waals surface area contributed by atoms with Crippen LogP contribution in [0, 0.1) is 0 Å². The van der Waals surface area contributed by atoms with E-state index in [0.29, 0.717) is 31.7 Å². The van der Waals surface area contributed by atoms with Crippen LogP contribution in [0.25, 0.3) is 0 Å². The zero-order valence-corrected chi connectivity index (χ0v) is 21.6. The van der Waals surface area contributed by atoms with Crippen LogP contribution in [-0.2, 0) is 22.7 Å². The summed E-state index contributed by atoms with van der Waals surface area (Å²) in [7, 11) is 0. The summed E-state index contributed by atoms with van der Waals surface area (Å²) in [5.41, 5.74) is 2.35.